The average Bonchev–Trinajstić information content (AvgIpc) is 2.60. The fraction of sp³-hybridized carbons (Fsp3) is 0.278. The summed E-state index contributed by atoms with van der Waals surface area (Å²) in [5.74, 6) is 1.36. The molecule has 2 rings (SSSR count). The van der Waals surface area contributed by atoms with Gasteiger partial charge in [0, 0.05) is 29.3 Å². The first-order valence-corrected chi connectivity index (χ1v) is 11.4. The Labute approximate surface area is 163 Å². The largest absolute Gasteiger partial charge is 0.375 e. The molecule has 0 aromatic heterocycles. The van der Waals surface area contributed by atoms with Crippen molar-refractivity contribution < 1.29 is 13.2 Å². The molecule has 2 aromatic carbocycles. The van der Waals surface area contributed by atoms with Crippen LogP contribution in [0, 0.1) is 0 Å². The van der Waals surface area contributed by atoms with Crippen LogP contribution >= 0.6 is 23.4 Å². The molecule has 0 saturated carbocycles. The highest BCUT2D eigenvalue weighted by atomic mass is 35.5. The molecule has 2 aromatic rings. The first-order valence-electron chi connectivity index (χ1n) is 7.99. The molecule has 0 fully saturated rings. The number of amides is 1. The van der Waals surface area contributed by atoms with E-state index in [9.17, 15) is 13.2 Å². The second-order valence-corrected chi connectivity index (χ2v) is 9.11. The molecule has 0 bridgehead atoms. The van der Waals surface area contributed by atoms with Crippen LogP contribution in [0.25, 0.3) is 0 Å². The van der Waals surface area contributed by atoms with Crippen molar-refractivity contribution in [2.45, 2.75) is 10.6 Å². The highest BCUT2D eigenvalue weighted by Gasteiger charge is 2.12. The Morgan fingerprint density at radius 3 is 2.54 bits per heavy atom. The van der Waals surface area contributed by atoms with Crippen molar-refractivity contribution in [2.24, 2.45) is 0 Å². The number of carbonyl (C=O) groups is 1. The lowest BCUT2D eigenvalue weighted by Crippen LogP contribution is -2.31. The Bertz CT molecular complexity index is 857. The standard InChI is InChI=1S/C18H21ClN2O3S2/c1-26(23,24)17-9-5-4-8-16(17)21-12-18(22)20-10-11-25-13-14-6-2-3-7-15(14)19/h2-9,21H,10-13H2,1H3,(H,20,22). The van der Waals surface area contributed by atoms with E-state index in [-0.39, 0.29) is 17.3 Å². The van der Waals surface area contributed by atoms with Crippen LogP contribution in [0.15, 0.2) is 53.4 Å². The highest BCUT2D eigenvalue weighted by Crippen LogP contribution is 2.21. The van der Waals surface area contributed by atoms with E-state index in [0.29, 0.717) is 12.2 Å². The molecule has 8 heteroatoms. The summed E-state index contributed by atoms with van der Waals surface area (Å²) in [6.45, 7) is 0.547. The third-order valence-electron chi connectivity index (χ3n) is 3.51. The van der Waals surface area contributed by atoms with Gasteiger partial charge in [0.15, 0.2) is 9.84 Å². The number of thioether (sulfide) groups is 1. The maximum absolute atomic E-state index is 11.9. The summed E-state index contributed by atoms with van der Waals surface area (Å²) >= 11 is 7.78. The van der Waals surface area contributed by atoms with Gasteiger partial charge in [0.05, 0.1) is 17.1 Å². The van der Waals surface area contributed by atoms with Crippen LogP contribution in [0.1, 0.15) is 5.56 Å². The molecule has 5 nitrogen and oxygen atoms in total. The van der Waals surface area contributed by atoms with E-state index in [1.807, 2.05) is 24.3 Å². The number of hydrogen-bond donors (Lipinski definition) is 2. The molecule has 0 heterocycles. The molecule has 0 spiro atoms. The molecule has 0 atom stereocenters. The van der Waals surface area contributed by atoms with E-state index >= 15 is 0 Å². The van der Waals surface area contributed by atoms with Gasteiger partial charge in [0.25, 0.3) is 0 Å². The zero-order valence-corrected chi connectivity index (χ0v) is 16.8. The number of carbonyl (C=O) groups excluding carboxylic acids is 1. The average molecular weight is 413 g/mol. The second kappa shape index (κ2) is 9.85. The molecular formula is C18H21ClN2O3S2. The summed E-state index contributed by atoms with van der Waals surface area (Å²) in [6, 6.07) is 14.2. The SMILES string of the molecule is CS(=O)(=O)c1ccccc1NCC(=O)NCCSCc1ccccc1Cl. The summed E-state index contributed by atoms with van der Waals surface area (Å²) in [7, 11) is -3.34. The minimum atomic E-state index is -3.34. The Kier molecular flexibility index (Phi) is 7.81. The van der Waals surface area contributed by atoms with Crippen molar-refractivity contribution in [1.29, 1.82) is 0 Å². The minimum Gasteiger partial charge on any atom is -0.375 e. The molecule has 0 unspecified atom stereocenters. The summed E-state index contributed by atoms with van der Waals surface area (Å²) in [5.41, 5.74) is 1.50. The summed E-state index contributed by atoms with van der Waals surface area (Å²) in [4.78, 5) is 12.1. The van der Waals surface area contributed by atoms with E-state index in [4.69, 9.17) is 11.6 Å². The van der Waals surface area contributed by atoms with Crippen molar-refractivity contribution in [3.8, 4) is 0 Å². The molecule has 0 aliphatic carbocycles. The van der Waals surface area contributed by atoms with Crippen LogP contribution in [0.2, 0.25) is 5.02 Å². The lowest BCUT2D eigenvalue weighted by Gasteiger charge is -2.11. The topological polar surface area (TPSA) is 75.3 Å². The number of anilines is 1. The van der Waals surface area contributed by atoms with Crippen molar-refractivity contribution in [2.75, 3.05) is 30.4 Å². The Balaban J connectivity index is 1.71. The van der Waals surface area contributed by atoms with E-state index < -0.39 is 9.84 Å². The van der Waals surface area contributed by atoms with E-state index in [1.165, 1.54) is 6.07 Å². The number of nitrogens with one attached hydrogen (secondary N) is 2. The lowest BCUT2D eigenvalue weighted by atomic mass is 10.2. The van der Waals surface area contributed by atoms with Crippen LogP contribution in [0.5, 0.6) is 0 Å². The number of sulfone groups is 1. The Morgan fingerprint density at radius 1 is 1.12 bits per heavy atom. The lowest BCUT2D eigenvalue weighted by molar-refractivity contribution is -0.119. The second-order valence-electron chi connectivity index (χ2n) is 5.62. The first kappa shape index (κ1) is 20.6. The zero-order valence-electron chi connectivity index (χ0n) is 14.4. The van der Waals surface area contributed by atoms with Crippen LogP contribution in [0.4, 0.5) is 5.69 Å². The molecule has 0 aliphatic rings. The van der Waals surface area contributed by atoms with Gasteiger partial charge in [-0.2, -0.15) is 11.8 Å². The first-order chi connectivity index (χ1) is 12.4. The van der Waals surface area contributed by atoms with E-state index in [1.54, 1.807) is 30.0 Å². The molecule has 0 saturated heterocycles. The fourth-order valence-corrected chi connectivity index (χ4v) is 4.24. The zero-order chi connectivity index (χ0) is 19.0. The Morgan fingerprint density at radius 2 is 1.81 bits per heavy atom. The third kappa shape index (κ3) is 6.55. The van der Waals surface area contributed by atoms with Gasteiger partial charge >= 0.3 is 0 Å². The van der Waals surface area contributed by atoms with Crippen molar-refractivity contribution in [3.63, 3.8) is 0 Å². The molecular weight excluding hydrogens is 392 g/mol. The van der Waals surface area contributed by atoms with Crippen molar-refractivity contribution in [3.05, 3.63) is 59.1 Å². The molecule has 0 aliphatic heterocycles. The summed E-state index contributed by atoms with van der Waals surface area (Å²) < 4.78 is 23.5. The van der Waals surface area contributed by atoms with Crippen LogP contribution in [-0.2, 0) is 20.4 Å². The van der Waals surface area contributed by atoms with Crippen molar-refractivity contribution >= 4 is 44.8 Å². The Hall–Kier alpha value is -1.70. The normalized spacial score (nSPS) is 11.2. The molecule has 140 valence electrons. The molecule has 2 N–H and O–H groups in total. The number of rotatable bonds is 9. The number of hydrogen-bond acceptors (Lipinski definition) is 5. The predicted molar refractivity (Wildman–Crippen MR) is 109 cm³/mol. The smallest absolute Gasteiger partial charge is 0.239 e. The van der Waals surface area contributed by atoms with Gasteiger partial charge in [-0.05, 0) is 23.8 Å². The quantitative estimate of drug-likeness (QED) is 0.618. The molecule has 0 radical (unpaired) electrons. The highest BCUT2D eigenvalue weighted by molar-refractivity contribution is 7.98. The van der Waals surface area contributed by atoms with Gasteiger partial charge in [0.1, 0.15) is 0 Å². The van der Waals surface area contributed by atoms with Crippen molar-refractivity contribution in [1.82, 2.24) is 5.32 Å². The monoisotopic (exact) mass is 412 g/mol. The van der Waals surface area contributed by atoms with Gasteiger partial charge < -0.3 is 10.6 Å². The molecule has 1 amide bonds. The maximum atomic E-state index is 11.9. The van der Waals surface area contributed by atoms with Gasteiger partial charge in [-0.25, -0.2) is 8.42 Å². The van der Waals surface area contributed by atoms with Crippen LogP contribution in [0.3, 0.4) is 0 Å². The van der Waals surface area contributed by atoms with E-state index in [0.717, 1.165) is 28.3 Å². The van der Waals surface area contributed by atoms with Gasteiger partial charge in [0.2, 0.25) is 5.91 Å². The summed E-state index contributed by atoms with van der Waals surface area (Å²) in [6.07, 6.45) is 1.14. The van der Waals surface area contributed by atoms with Gasteiger partial charge in [-0.1, -0.05) is 41.9 Å². The number of halogens is 1. The third-order valence-corrected chi connectivity index (χ3v) is 6.04. The number of benzene rings is 2. The maximum Gasteiger partial charge on any atom is 0.239 e. The van der Waals surface area contributed by atoms with Crippen LogP contribution < -0.4 is 10.6 Å². The fourth-order valence-electron chi connectivity index (χ4n) is 2.23. The summed E-state index contributed by atoms with van der Waals surface area (Å²) in [5, 5.41) is 6.43. The predicted octanol–water partition coefficient (Wildman–Crippen LogP) is 3.21. The van der Waals surface area contributed by atoms with Gasteiger partial charge in [-0.15, -0.1) is 0 Å². The van der Waals surface area contributed by atoms with Crippen LogP contribution in [-0.4, -0.2) is 39.4 Å². The number of para-hydroxylation sites is 1. The molecule has 26 heavy (non-hydrogen) atoms. The minimum absolute atomic E-state index is 0.0156. The van der Waals surface area contributed by atoms with Gasteiger partial charge in [-0.3, -0.25) is 4.79 Å². The van der Waals surface area contributed by atoms with E-state index in [2.05, 4.69) is 10.6 Å².